The summed E-state index contributed by atoms with van der Waals surface area (Å²) >= 11 is 1.80. The lowest BCUT2D eigenvalue weighted by Gasteiger charge is -2.20. The van der Waals surface area contributed by atoms with E-state index in [0.717, 1.165) is 36.1 Å². The Morgan fingerprint density at radius 2 is 2.40 bits per heavy atom. The van der Waals surface area contributed by atoms with Crippen molar-refractivity contribution in [2.24, 2.45) is 4.99 Å². The lowest BCUT2D eigenvalue weighted by molar-refractivity contribution is 0.466. The Kier molecular flexibility index (Phi) is 5.12. The molecule has 0 radical (unpaired) electrons. The lowest BCUT2D eigenvalue weighted by Crippen LogP contribution is -2.39. The molecule has 2 atom stereocenters. The Balaban J connectivity index is 2.28. The van der Waals surface area contributed by atoms with Crippen LogP contribution >= 0.6 is 11.8 Å². The van der Waals surface area contributed by atoms with E-state index in [2.05, 4.69) is 24.2 Å². The van der Waals surface area contributed by atoms with Gasteiger partial charge in [-0.2, -0.15) is 0 Å². The third kappa shape index (κ3) is 4.55. The number of aliphatic imine (C=N–C) groups is 1. The summed E-state index contributed by atoms with van der Waals surface area (Å²) in [6, 6.07) is 0. The molecule has 2 unspecified atom stereocenters. The van der Waals surface area contributed by atoms with Gasteiger partial charge in [0.05, 0.1) is 0 Å². The Morgan fingerprint density at radius 3 is 2.93 bits per heavy atom. The van der Waals surface area contributed by atoms with Gasteiger partial charge in [0, 0.05) is 40.6 Å². The average molecular weight is 248 g/mol. The van der Waals surface area contributed by atoms with Crippen LogP contribution in [-0.4, -0.2) is 39.2 Å². The maximum absolute atomic E-state index is 10.8. The van der Waals surface area contributed by atoms with E-state index >= 15 is 0 Å². The highest BCUT2D eigenvalue weighted by molar-refractivity contribution is 8.14. The third-order valence-corrected chi connectivity index (χ3v) is 4.71. The molecular weight excluding hydrogens is 228 g/mol. The smallest absolute Gasteiger partial charge is 0.157 e. The van der Waals surface area contributed by atoms with Gasteiger partial charge < -0.3 is 5.32 Å². The van der Waals surface area contributed by atoms with Crippen molar-refractivity contribution in [1.82, 2.24) is 5.32 Å². The molecule has 0 aromatic heterocycles. The summed E-state index contributed by atoms with van der Waals surface area (Å²) in [6.07, 6.45) is 3.78. The van der Waals surface area contributed by atoms with Crippen LogP contribution in [0.1, 0.15) is 26.7 Å². The van der Waals surface area contributed by atoms with Gasteiger partial charge in [0.1, 0.15) is 0 Å². The zero-order valence-corrected chi connectivity index (χ0v) is 11.3. The summed E-state index contributed by atoms with van der Waals surface area (Å²) in [5, 5.41) is 4.50. The molecule has 5 heteroatoms. The molecule has 1 aliphatic heterocycles. The molecule has 88 valence electrons. The van der Waals surface area contributed by atoms with Crippen LogP contribution in [0.25, 0.3) is 0 Å². The van der Waals surface area contributed by atoms with Crippen LogP contribution in [0.3, 0.4) is 0 Å². The van der Waals surface area contributed by atoms with Crippen molar-refractivity contribution >= 4 is 27.7 Å². The Bertz CT molecular complexity index is 268. The average Bonchev–Trinajstić information content (AvgIpc) is 2.56. The van der Waals surface area contributed by atoms with Crippen LogP contribution in [0.4, 0.5) is 0 Å². The van der Waals surface area contributed by atoms with Crippen molar-refractivity contribution in [3.05, 3.63) is 0 Å². The maximum atomic E-state index is 10.8. The largest absolute Gasteiger partial charge is 0.359 e. The van der Waals surface area contributed by atoms with Gasteiger partial charge in [-0.05, 0) is 19.8 Å². The van der Waals surface area contributed by atoms with E-state index in [1.165, 1.54) is 0 Å². The van der Waals surface area contributed by atoms with Crippen molar-refractivity contribution < 1.29 is 4.21 Å². The molecule has 0 amide bonds. The second-order valence-corrected chi connectivity index (χ2v) is 6.66. The van der Waals surface area contributed by atoms with Gasteiger partial charge in [-0.25, -0.2) is 0 Å². The molecule has 0 bridgehead atoms. The van der Waals surface area contributed by atoms with E-state index in [9.17, 15) is 4.21 Å². The highest BCUT2D eigenvalue weighted by atomic mass is 32.2. The number of hydrogen-bond donors (Lipinski definition) is 1. The van der Waals surface area contributed by atoms with E-state index in [1.807, 2.05) is 0 Å². The van der Waals surface area contributed by atoms with Crippen molar-refractivity contribution in [3.63, 3.8) is 0 Å². The van der Waals surface area contributed by atoms with Gasteiger partial charge in [0.15, 0.2) is 5.17 Å². The summed E-state index contributed by atoms with van der Waals surface area (Å²) in [7, 11) is -0.682. The topological polar surface area (TPSA) is 41.5 Å². The van der Waals surface area contributed by atoms with Crippen molar-refractivity contribution in [2.75, 3.05) is 24.3 Å². The molecule has 1 heterocycles. The van der Waals surface area contributed by atoms with E-state index in [-0.39, 0.29) is 5.54 Å². The molecule has 0 saturated carbocycles. The van der Waals surface area contributed by atoms with Crippen LogP contribution < -0.4 is 5.32 Å². The number of rotatable bonds is 5. The second kappa shape index (κ2) is 5.89. The second-order valence-electron chi connectivity index (χ2n) is 4.15. The molecule has 1 rings (SSSR count). The summed E-state index contributed by atoms with van der Waals surface area (Å²) < 4.78 is 10.8. The first-order valence-electron chi connectivity index (χ1n) is 5.31. The van der Waals surface area contributed by atoms with Crippen LogP contribution in [-0.2, 0) is 10.8 Å². The number of hydrogen-bond acceptors (Lipinski definition) is 3. The molecule has 15 heavy (non-hydrogen) atoms. The molecule has 1 saturated heterocycles. The Morgan fingerprint density at radius 1 is 1.67 bits per heavy atom. The fraction of sp³-hybridized carbons (Fsp3) is 0.900. The predicted molar refractivity (Wildman–Crippen MR) is 70.1 cm³/mol. The fourth-order valence-corrected chi connectivity index (χ4v) is 3.05. The summed E-state index contributed by atoms with van der Waals surface area (Å²) in [5.74, 6) is 1.86. The number of thioether (sulfide) groups is 1. The molecule has 1 aliphatic rings. The van der Waals surface area contributed by atoms with Crippen LogP contribution in [0.15, 0.2) is 4.99 Å². The molecular formula is C10H20N2OS2. The minimum Gasteiger partial charge on any atom is -0.359 e. The minimum absolute atomic E-state index is 0.219. The van der Waals surface area contributed by atoms with E-state index < -0.39 is 10.8 Å². The number of nitrogens with one attached hydrogen (secondary N) is 1. The predicted octanol–water partition coefficient (Wildman–Crippen LogP) is 1.62. The first-order chi connectivity index (χ1) is 7.06. The van der Waals surface area contributed by atoms with Crippen molar-refractivity contribution in [1.29, 1.82) is 0 Å². The molecule has 0 aliphatic carbocycles. The maximum Gasteiger partial charge on any atom is 0.157 e. The summed E-state index contributed by atoms with van der Waals surface area (Å²) in [4.78, 5) is 4.47. The zero-order valence-electron chi connectivity index (χ0n) is 9.71. The summed E-state index contributed by atoms with van der Waals surface area (Å²) in [5.41, 5.74) is 0.219. The monoisotopic (exact) mass is 248 g/mol. The normalized spacial score (nSPS) is 30.5. The molecule has 3 nitrogen and oxygen atoms in total. The minimum atomic E-state index is -0.682. The fourth-order valence-electron chi connectivity index (χ4n) is 1.28. The van der Waals surface area contributed by atoms with Crippen molar-refractivity contribution in [2.45, 2.75) is 32.2 Å². The quantitative estimate of drug-likeness (QED) is 0.752. The van der Waals surface area contributed by atoms with Gasteiger partial charge in [0.2, 0.25) is 0 Å². The standard InChI is InChI=1S/C10H20N2OS2/c1-4-10(2)8-14-9(12-10)11-6-5-7-15(3)13/h4-8H2,1-3H3,(H,11,12). The first kappa shape index (κ1) is 13.0. The third-order valence-electron chi connectivity index (χ3n) is 2.56. The molecule has 1 fully saturated rings. The van der Waals surface area contributed by atoms with E-state index in [1.54, 1.807) is 18.0 Å². The Labute approximate surface area is 99.0 Å². The first-order valence-corrected chi connectivity index (χ1v) is 8.02. The molecule has 0 spiro atoms. The number of amidine groups is 1. The van der Waals surface area contributed by atoms with Crippen LogP contribution in [0, 0.1) is 0 Å². The van der Waals surface area contributed by atoms with Crippen LogP contribution in [0.2, 0.25) is 0 Å². The SMILES string of the molecule is CCC1(C)CSC(=NCCCS(C)=O)N1. The molecule has 1 N–H and O–H groups in total. The van der Waals surface area contributed by atoms with E-state index in [0.29, 0.717) is 0 Å². The molecule has 0 aromatic carbocycles. The number of nitrogens with zero attached hydrogens (tertiary/aromatic N) is 1. The van der Waals surface area contributed by atoms with Crippen LogP contribution in [0.5, 0.6) is 0 Å². The lowest BCUT2D eigenvalue weighted by atomic mass is 10.0. The van der Waals surface area contributed by atoms with E-state index in [4.69, 9.17) is 0 Å². The van der Waals surface area contributed by atoms with Gasteiger partial charge in [-0.3, -0.25) is 9.20 Å². The Hall–Kier alpha value is -0.0300. The van der Waals surface area contributed by atoms with Crippen molar-refractivity contribution in [3.8, 4) is 0 Å². The van der Waals surface area contributed by atoms with Gasteiger partial charge >= 0.3 is 0 Å². The van der Waals surface area contributed by atoms with Gasteiger partial charge in [0.25, 0.3) is 0 Å². The summed E-state index contributed by atoms with van der Waals surface area (Å²) in [6.45, 7) is 5.20. The van der Waals surface area contributed by atoms with Gasteiger partial charge in [-0.15, -0.1) is 0 Å². The van der Waals surface area contributed by atoms with Gasteiger partial charge in [-0.1, -0.05) is 18.7 Å². The highest BCUT2D eigenvalue weighted by Gasteiger charge is 2.30. The molecule has 0 aromatic rings. The highest BCUT2D eigenvalue weighted by Crippen LogP contribution is 2.25. The zero-order chi connectivity index (χ0) is 11.3.